The van der Waals surface area contributed by atoms with Gasteiger partial charge >= 0.3 is 0 Å². The molecule has 3 rings (SSSR count). The van der Waals surface area contributed by atoms with Crippen LogP contribution in [0, 0.1) is 11.3 Å². The lowest BCUT2D eigenvalue weighted by Gasteiger charge is -1.98. The van der Waals surface area contributed by atoms with E-state index in [0.717, 1.165) is 11.1 Å². The number of carbonyl (C=O) groups excluding carboxylic acids is 1. The van der Waals surface area contributed by atoms with Crippen molar-refractivity contribution in [2.24, 2.45) is 5.10 Å². The fourth-order valence-corrected chi connectivity index (χ4v) is 2.00. The van der Waals surface area contributed by atoms with Crippen LogP contribution in [0.3, 0.4) is 0 Å². The summed E-state index contributed by atoms with van der Waals surface area (Å²) in [5, 5.41) is 24.5. The van der Waals surface area contributed by atoms with Crippen LogP contribution in [0.25, 0.3) is 11.4 Å². The van der Waals surface area contributed by atoms with Crippen LogP contribution in [0.4, 0.5) is 0 Å². The second-order valence-corrected chi connectivity index (χ2v) is 5.04. The van der Waals surface area contributed by atoms with Crippen molar-refractivity contribution in [2.75, 3.05) is 0 Å². The highest BCUT2D eigenvalue weighted by molar-refractivity contribution is 5.82. The van der Waals surface area contributed by atoms with Gasteiger partial charge in [-0.15, -0.1) is 10.2 Å². The molecule has 0 atom stereocenters. The third-order valence-electron chi connectivity index (χ3n) is 3.21. The van der Waals surface area contributed by atoms with Crippen molar-refractivity contribution in [3.63, 3.8) is 0 Å². The fraction of sp³-hybridized carbons (Fsp3) is 0.0588. The number of aromatic nitrogens is 4. The number of benzene rings is 2. The first-order chi connectivity index (χ1) is 12.2. The molecule has 0 aliphatic rings. The number of nitrogens with zero attached hydrogens (tertiary/aromatic N) is 6. The van der Waals surface area contributed by atoms with Gasteiger partial charge < -0.3 is 0 Å². The Labute approximate surface area is 143 Å². The zero-order valence-electron chi connectivity index (χ0n) is 13.1. The van der Waals surface area contributed by atoms with Gasteiger partial charge in [-0.25, -0.2) is 5.43 Å². The summed E-state index contributed by atoms with van der Waals surface area (Å²) in [7, 11) is 0. The SMILES string of the molecule is N#Cc1ccc(/C=N/NC(=O)Cn2nnc(-c3ccccc3)n2)cc1. The van der Waals surface area contributed by atoms with Crippen LogP contribution < -0.4 is 5.43 Å². The zero-order valence-corrected chi connectivity index (χ0v) is 13.1. The molecule has 0 bridgehead atoms. The van der Waals surface area contributed by atoms with Crippen LogP contribution in [0.15, 0.2) is 59.7 Å². The monoisotopic (exact) mass is 331 g/mol. The van der Waals surface area contributed by atoms with Gasteiger partial charge in [0.2, 0.25) is 5.82 Å². The predicted octanol–water partition coefficient (Wildman–Crippen LogP) is 1.36. The van der Waals surface area contributed by atoms with Crippen LogP contribution in [0.1, 0.15) is 11.1 Å². The molecular weight excluding hydrogens is 318 g/mol. The maximum atomic E-state index is 11.9. The fourth-order valence-electron chi connectivity index (χ4n) is 2.00. The maximum Gasteiger partial charge on any atom is 0.263 e. The van der Waals surface area contributed by atoms with Crippen LogP contribution in [0.5, 0.6) is 0 Å². The van der Waals surface area contributed by atoms with Gasteiger partial charge in [0.05, 0.1) is 17.8 Å². The Bertz CT molecular complexity index is 924. The van der Waals surface area contributed by atoms with E-state index in [2.05, 4.69) is 25.9 Å². The Morgan fingerprint density at radius 3 is 2.68 bits per heavy atom. The quantitative estimate of drug-likeness (QED) is 0.561. The lowest BCUT2D eigenvalue weighted by Crippen LogP contribution is -2.24. The largest absolute Gasteiger partial charge is 0.271 e. The highest BCUT2D eigenvalue weighted by Crippen LogP contribution is 2.11. The Kier molecular flexibility index (Phi) is 4.87. The van der Waals surface area contributed by atoms with Crippen molar-refractivity contribution in [1.29, 1.82) is 5.26 Å². The van der Waals surface area contributed by atoms with E-state index in [9.17, 15) is 4.79 Å². The minimum atomic E-state index is -0.373. The molecule has 2 aromatic carbocycles. The van der Waals surface area contributed by atoms with Crippen molar-refractivity contribution >= 4 is 12.1 Å². The molecule has 8 heteroatoms. The maximum absolute atomic E-state index is 11.9. The molecule has 0 aliphatic heterocycles. The van der Waals surface area contributed by atoms with Gasteiger partial charge in [-0.05, 0) is 22.9 Å². The van der Waals surface area contributed by atoms with E-state index in [1.54, 1.807) is 24.3 Å². The van der Waals surface area contributed by atoms with Crippen LogP contribution >= 0.6 is 0 Å². The standard InChI is InChI=1S/C17H13N7O/c18-10-13-6-8-14(9-7-13)11-19-20-16(25)12-24-22-17(21-23-24)15-4-2-1-3-5-15/h1-9,11H,12H2,(H,20,25)/b19-11+. The lowest BCUT2D eigenvalue weighted by molar-refractivity contribution is -0.122. The summed E-state index contributed by atoms with van der Waals surface area (Å²) >= 11 is 0. The normalized spacial score (nSPS) is 10.5. The van der Waals surface area contributed by atoms with Crippen LogP contribution in [-0.2, 0) is 11.3 Å². The van der Waals surface area contributed by atoms with Crippen molar-refractivity contribution in [1.82, 2.24) is 25.6 Å². The summed E-state index contributed by atoms with van der Waals surface area (Å²) in [4.78, 5) is 13.1. The molecule has 1 amide bonds. The number of nitrogens with one attached hydrogen (secondary N) is 1. The molecule has 0 saturated heterocycles. The summed E-state index contributed by atoms with van der Waals surface area (Å²) < 4.78 is 0. The molecule has 1 N–H and O–H groups in total. The van der Waals surface area contributed by atoms with Crippen molar-refractivity contribution < 1.29 is 4.79 Å². The van der Waals surface area contributed by atoms with Gasteiger partial charge in [-0.2, -0.15) is 15.2 Å². The summed E-state index contributed by atoms with van der Waals surface area (Å²) in [6.07, 6.45) is 1.49. The predicted molar refractivity (Wildman–Crippen MR) is 90.1 cm³/mol. The van der Waals surface area contributed by atoms with E-state index >= 15 is 0 Å². The number of amides is 1. The molecule has 0 aliphatic carbocycles. The number of rotatable bonds is 5. The summed E-state index contributed by atoms with van der Waals surface area (Å²) in [6.45, 7) is -0.0927. The second kappa shape index (κ2) is 7.61. The average molecular weight is 331 g/mol. The third kappa shape index (κ3) is 4.33. The average Bonchev–Trinajstić information content (AvgIpc) is 3.11. The Morgan fingerprint density at radius 1 is 1.20 bits per heavy atom. The third-order valence-corrected chi connectivity index (χ3v) is 3.21. The number of hydrogen-bond donors (Lipinski definition) is 1. The molecular formula is C17H13N7O. The topological polar surface area (TPSA) is 109 Å². The lowest BCUT2D eigenvalue weighted by atomic mass is 10.2. The minimum Gasteiger partial charge on any atom is -0.271 e. The molecule has 1 heterocycles. The highest BCUT2D eigenvalue weighted by Gasteiger charge is 2.08. The molecule has 122 valence electrons. The number of nitriles is 1. The highest BCUT2D eigenvalue weighted by atomic mass is 16.2. The van der Waals surface area contributed by atoms with E-state index in [4.69, 9.17) is 5.26 Å². The first-order valence-corrected chi connectivity index (χ1v) is 7.40. The molecule has 1 aromatic heterocycles. The van der Waals surface area contributed by atoms with E-state index in [0.29, 0.717) is 11.4 Å². The van der Waals surface area contributed by atoms with Crippen molar-refractivity contribution in [3.05, 3.63) is 65.7 Å². The molecule has 3 aromatic rings. The smallest absolute Gasteiger partial charge is 0.263 e. The summed E-state index contributed by atoms with van der Waals surface area (Å²) in [5.74, 6) is 0.0800. The van der Waals surface area contributed by atoms with Gasteiger partial charge in [-0.1, -0.05) is 42.5 Å². The summed E-state index contributed by atoms with van der Waals surface area (Å²) in [5.41, 5.74) is 4.55. The molecule has 0 radical (unpaired) electrons. The molecule has 0 unspecified atom stereocenters. The number of carbonyl (C=O) groups is 1. The minimum absolute atomic E-state index is 0.0927. The first kappa shape index (κ1) is 16.0. The van der Waals surface area contributed by atoms with E-state index < -0.39 is 0 Å². The number of hydrazone groups is 1. The van der Waals surface area contributed by atoms with Crippen LogP contribution in [-0.4, -0.2) is 32.3 Å². The number of tetrazole rings is 1. The van der Waals surface area contributed by atoms with Gasteiger partial charge in [0.15, 0.2) is 0 Å². The Balaban J connectivity index is 1.55. The van der Waals surface area contributed by atoms with Crippen molar-refractivity contribution in [3.8, 4) is 17.5 Å². The van der Waals surface area contributed by atoms with Gasteiger partial charge in [0, 0.05) is 5.56 Å². The van der Waals surface area contributed by atoms with Crippen molar-refractivity contribution in [2.45, 2.75) is 6.54 Å². The summed E-state index contributed by atoms with van der Waals surface area (Å²) in [6, 6.07) is 18.2. The first-order valence-electron chi connectivity index (χ1n) is 7.40. The van der Waals surface area contributed by atoms with Crippen LogP contribution in [0.2, 0.25) is 0 Å². The molecule has 8 nitrogen and oxygen atoms in total. The Morgan fingerprint density at radius 2 is 1.96 bits per heavy atom. The second-order valence-electron chi connectivity index (χ2n) is 5.04. The molecule has 0 spiro atoms. The molecule has 0 saturated carbocycles. The molecule has 25 heavy (non-hydrogen) atoms. The van der Waals surface area contributed by atoms with Gasteiger partial charge in [-0.3, -0.25) is 4.79 Å². The van der Waals surface area contributed by atoms with E-state index in [1.165, 1.54) is 11.0 Å². The van der Waals surface area contributed by atoms with E-state index in [-0.39, 0.29) is 12.5 Å². The van der Waals surface area contributed by atoms with Gasteiger partial charge in [0.1, 0.15) is 6.54 Å². The zero-order chi connectivity index (χ0) is 17.5. The van der Waals surface area contributed by atoms with E-state index in [1.807, 2.05) is 36.4 Å². The molecule has 0 fully saturated rings. The van der Waals surface area contributed by atoms with Gasteiger partial charge in [0.25, 0.3) is 5.91 Å². The Hall–Kier alpha value is -3.86. The number of hydrogen-bond acceptors (Lipinski definition) is 6.